The summed E-state index contributed by atoms with van der Waals surface area (Å²) in [4.78, 5) is 3.77. The highest BCUT2D eigenvalue weighted by atomic mass is 35.5. The summed E-state index contributed by atoms with van der Waals surface area (Å²) in [5, 5.41) is 0. The van der Waals surface area contributed by atoms with Gasteiger partial charge in [0.25, 0.3) is 0 Å². The minimum absolute atomic E-state index is 0.313. The number of guanidine groups is 1. The lowest BCUT2D eigenvalue weighted by Gasteiger charge is -2.23. The molecule has 1 rings (SSSR count). The molecule has 4 nitrogen and oxygen atoms in total. The summed E-state index contributed by atoms with van der Waals surface area (Å²) < 4.78 is 2.67. The van der Waals surface area contributed by atoms with Crippen LogP contribution in [-0.4, -0.2) is 28.1 Å². The first-order valence-electron chi connectivity index (χ1n) is 2.34. The topological polar surface area (TPSA) is 44.9 Å². The molecule has 0 aliphatic carbocycles. The van der Waals surface area contributed by atoms with Crippen molar-refractivity contribution in [3.8, 4) is 0 Å². The van der Waals surface area contributed by atoms with Crippen molar-refractivity contribution in [3.05, 3.63) is 0 Å². The molecule has 0 aromatic heterocycles. The lowest BCUT2D eigenvalue weighted by atomic mass is 10.8. The molecule has 0 saturated heterocycles. The minimum Gasteiger partial charge on any atom is -0.369 e. The zero-order chi connectivity index (χ0) is 6.85. The van der Waals surface area contributed by atoms with Crippen LogP contribution in [0.15, 0.2) is 4.99 Å². The lowest BCUT2D eigenvalue weighted by molar-refractivity contribution is 0.360. The van der Waals surface area contributed by atoms with Crippen molar-refractivity contribution in [2.45, 2.75) is 0 Å². The molecule has 0 aromatic rings. The molecular weight excluding hydrogens is 163 g/mol. The van der Waals surface area contributed by atoms with Crippen LogP contribution in [0.4, 0.5) is 0 Å². The van der Waals surface area contributed by atoms with E-state index in [1.807, 2.05) is 0 Å². The van der Waals surface area contributed by atoms with E-state index in [-0.39, 0.29) is 0 Å². The Bertz CT molecular complexity index is 136. The van der Waals surface area contributed by atoms with Gasteiger partial charge in [0.1, 0.15) is 13.3 Å². The summed E-state index contributed by atoms with van der Waals surface area (Å²) in [6, 6.07) is 0. The van der Waals surface area contributed by atoms with Crippen LogP contribution in [0, 0.1) is 0 Å². The molecule has 0 aromatic carbocycles. The summed E-state index contributed by atoms with van der Waals surface area (Å²) >= 11 is 11.0. The second kappa shape index (κ2) is 2.60. The van der Waals surface area contributed by atoms with Gasteiger partial charge in [-0.3, -0.25) is 0 Å². The number of hydrogen-bond acceptors (Lipinski definition) is 4. The van der Waals surface area contributed by atoms with Gasteiger partial charge >= 0.3 is 0 Å². The van der Waals surface area contributed by atoms with Crippen molar-refractivity contribution in [3.63, 3.8) is 0 Å². The summed E-state index contributed by atoms with van der Waals surface area (Å²) in [5.41, 5.74) is 5.30. The molecule has 0 spiro atoms. The van der Waals surface area contributed by atoms with E-state index in [9.17, 15) is 0 Å². The normalized spacial score (nSPS) is 22.0. The zero-order valence-electron chi connectivity index (χ0n) is 4.59. The van der Waals surface area contributed by atoms with Crippen LogP contribution in [0.25, 0.3) is 0 Å². The lowest BCUT2D eigenvalue weighted by Crippen LogP contribution is -2.40. The van der Waals surface area contributed by atoms with E-state index in [4.69, 9.17) is 29.3 Å². The molecule has 52 valence electrons. The fraction of sp³-hybridized carbons (Fsp3) is 0.667. The molecule has 0 saturated carbocycles. The van der Waals surface area contributed by atoms with Gasteiger partial charge in [-0.25, -0.2) is 9.41 Å². The first-order valence-corrected chi connectivity index (χ1v) is 3.01. The maximum Gasteiger partial charge on any atom is 0.208 e. The third-order valence-electron chi connectivity index (χ3n) is 0.912. The molecule has 0 bridgehead atoms. The first-order chi connectivity index (χ1) is 4.20. The summed E-state index contributed by atoms with van der Waals surface area (Å²) in [7, 11) is 0. The third kappa shape index (κ3) is 1.61. The third-order valence-corrected chi connectivity index (χ3v) is 1.41. The average molecular weight is 169 g/mol. The van der Waals surface area contributed by atoms with E-state index < -0.39 is 0 Å². The Morgan fingerprint density at radius 3 is 2.67 bits per heavy atom. The number of nitrogens with zero attached hydrogens (tertiary/aromatic N) is 3. The van der Waals surface area contributed by atoms with Gasteiger partial charge < -0.3 is 5.73 Å². The Hall–Kier alpha value is -0.190. The monoisotopic (exact) mass is 168 g/mol. The molecule has 0 radical (unpaired) electrons. The summed E-state index contributed by atoms with van der Waals surface area (Å²) in [6.45, 7) is 0.801. The summed E-state index contributed by atoms with van der Waals surface area (Å²) in [6.07, 6.45) is 0. The molecule has 9 heavy (non-hydrogen) atoms. The van der Waals surface area contributed by atoms with Crippen LogP contribution in [0.5, 0.6) is 0 Å². The highest BCUT2D eigenvalue weighted by molar-refractivity contribution is 6.22. The SMILES string of the molecule is NC1=NCN(Cl)CN1Cl. The van der Waals surface area contributed by atoms with Gasteiger partial charge in [-0.05, 0) is 11.8 Å². The van der Waals surface area contributed by atoms with Gasteiger partial charge in [0, 0.05) is 11.8 Å². The molecule has 0 amide bonds. The average Bonchev–Trinajstić information content (AvgIpc) is 1.80. The van der Waals surface area contributed by atoms with Crippen molar-refractivity contribution in [2.75, 3.05) is 13.3 Å². The van der Waals surface area contributed by atoms with Crippen LogP contribution in [0.3, 0.4) is 0 Å². The van der Waals surface area contributed by atoms with Gasteiger partial charge in [0.05, 0.1) is 0 Å². The van der Waals surface area contributed by atoms with Crippen molar-refractivity contribution in [1.82, 2.24) is 8.84 Å². The Morgan fingerprint density at radius 2 is 2.22 bits per heavy atom. The molecule has 0 atom stereocenters. The maximum atomic E-state index is 5.52. The Labute approximate surface area is 63.0 Å². The molecule has 0 unspecified atom stereocenters. The van der Waals surface area contributed by atoms with Gasteiger partial charge in [0.2, 0.25) is 5.96 Å². The first kappa shape index (κ1) is 6.92. The predicted molar refractivity (Wildman–Crippen MR) is 36.7 cm³/mol. The molecule has 6 heteroatoms. The van der Waals surface area contributed by atoms with E-state index in [0.717, 1.165) is 0 Å². The predicted octanol–water partition coefficient (Wildman–Crippen LogP) is 0.141. The van der Waals surface area contributed by atoms with Crippen LogP contribution in [-0.2, 0) is 0 Å². The molecule has 1 aliphatic rings. The molecule has 0 fully saturated rings. The molecule has 2 N–H and O–H groups in total. The fourth-order valence-electron chi connectivity index (χ4n) is 0.478. The Morgan fingerprint density at radius 1 is 1.56 bits per heavy atom. The second-order valence-electron chi connectivity index (χ2n) is 1.62. The maximum absolute atomic E-state index is 5.52. The fourth-order valence-corrected chi connectivity index (χ4v) is 0.875. The highest BCUT2D eigenvalue weighted by Crippen LogP contribution is 2.05. The van der Waals surface area contributed by atoms with Crippen LogP contribution in [0.2, 0.25) is 0 Å². The van der Waals surface area contributed by atoms with Crippen LogP contribution in [0.1, 0.15) is 0 Å². The van der Waals surface area contributed by atoms with Crippen LogP contribution < -0.4 is 5.73 Å². The van der Waals surface area contributed by atoms with Gasteiger partial charge in [-0.2, -0.15) is 4.42 Å². The number of nitrogens with two attached hydrogens (primary N) is 1. The quantitative estimate of drug-likeness (QED) is 0.524. The minimum atomic E-state index is 0.313. The van der Waals surface area contributed by atoms with E-state index in [0.29, 0.717) is 19.3 Å². The molecule has 1 aliphatic heterocycles. The van der Waals surface area contributed by atoms with Crippen molar-refractivity contribution >= 4 is 29.5 Å². The van der Waals surface area contributed by atoms with E-state index in [2.05, 4.69) is 4.99 Å². The van der Waals surface area contributed by atoms with Crippen molar-refractivity contribution < 1.29 is 0 Å². The van der Waals surface area contributed by atoms with Gasteiger partial charge in [-0.15, -0.1) is 0 Å². The second-order valence-corrected chi connectivity index (χ2v) is 2.51. The van der Waals surface area contributed by atoms with E-state index >= 15 is 0 Å². The van der Waals surface area contributed by atoms with E-state index in [1.54, 1.807) is 0 Å². The van der Waals surface area contributed by atoms with Crippen molar-refractivity contribution in [1.29, 1.82) is 0 Å². The summed E-state index contributed by atoms with van der Waals surface area (Å²) in [5.74, 6) is 0.313. The largest absolute Gasteiger partial charge is 0.369 e. The van der Waals surface area contributed by atoms with E-state index in [1.165, 1.54) is 8.84 Å². The smallest absolute Gasteiger partial charge is 0.208 e. The number of rotatable bonds is 0. The zero-order valence-corrected chi connectivity index (χ0v) is 6.10. The number of aliphatic imine (C=N–C) groups is 1. The van der Waals surface area contributed by atoms with Gasteiger partial charge in [-0.1, -0.05) is 0 Å². The van der Waals surface area contributed by atoms with Gasteiger partial charge in [0.15, 0.2) is 0 Å². The molecular formula is C3H6Cl2N4. The van der Waals surface area contributed by atoms with Crippen LogP contribution >= 0.6 is 23.6 Å². The Kier molecular flexibility index (Phi) is 2.00. The highest BCUT2D eigenvalue weighted by Gasteiger charge is 2.13. The number of hydrogen-bond donors (Lipinski definition) is 1. The Balaban J connectivity index is 2.56. The van der Waals surface area contributed by atoms with Crippen molar-refractivity contribution in [2.24, 2.45) is 10.7 Å². The standard InChI is InChI=1S/C3H6Cl2N4/c4-8-1-7-3(6)9(5)2-8/h1-2H2,(H2,6,7). The molecule has 1 heterocycles. The number of halogens is 2.